The molecule has 0 aliphatic heterocycles. The van der Waals surface area contributed by atoms with Crippen LogP contribution in [0.1, 0.15) is 50.7 Å². The van der Waals surface area contributed by atoms with Crippen LogP contribution in [0.3, 0.4) is 0 Å². The third-order valence-corrected chi connectivity index (χ3v) is 5.12. The van der Waals surface area contributed by atoms with E-state index in [0.29, 0.717) is 6.42 Å². The summed E-state index contributed by atoms with van der Waals surface area (Å²) >= 11 is 3.56. The van der Waals surface area contributed by atoms with Gasteiger partial charge in [-0.25, -0.2) is 0 Å². The van der Waals surface area contributed by atoms with Gasteiger partial charge in [0.05, 0.1) is 5.56 Å². The van der Waals surface area contributed by atoms with E-state index < -0.39 is 11.7 Å². The van der Waals surface area contributed by atoms with Crippen LogP contribution >= 0.6 is 15.9 Å². The highest BCUT2D eigenvalue weighted by Crippen LogP contribution is 2.36. The van der Waals surface area contributed by atoms with Crippen LogP contribution in [0, 0.1) is 5.41 Å². The molecular weight excluding hydrogens is 329 g/mol. The van der Waals surface area contributed by atoms with Crippen LogP contribution in [0.15, 0.2) is 24.3 Å². The molecule has 0 aliphatic rings. The van der Waals surface area contributed by atoms with Crippen LogP contribution in [-0.4, -0.2) is 5.33 Å². The summed E-state index contributed by atoms with van der Waals surface area (Å²) in [6.45, 7) is 4.25. The van der Waals surface area contributed by atoms with Crippen LogP contribution in [-0.2, 0) is 12.6 Å². The van der Waals surface area contributed by atoms with E-state index in [9.17, 15) is 13.2 Å². The highest BCUT2D eigenvalue weighted by Gasteiger charge is 2.32. The molecule has 0 spiro atoms. The quantitative estimate of drug-likeness (QED) is 0.511. The summed E-state index contributed by atoms with van der Waals surface area (Å²) in [5.41, 5.74) is 0.280. The molecule has 0 aliphatic carbocycles. The molecule has 0 nitrogen and oxygen atoms in total. The van der Waals surface area contributed by atoms with Crippen molar-refractivity contribution >= 4 is 15.9 Å². The molecule has 0 aromatic heterocycles. The third kappa shape index (κ3) is 4.80. The monoisotopic (exact) mass is 350 g/mol. The number of hydrogen-bond donors (Lipinski definition) is 0. The molecule has 0 saturated heterocycles. The minimum atomic E-state index is -4.26. The Morgan fingerprint density at radius 3 is 2.35 bits per heavy atom. The van der Waals surface area contributed by atoms with E-state index in [4.69, 9.17) is 0 Å². The van der Waals surface area contributed by atoms with Crippen molar-refractivity contribution in [2.75, 3.05) is 5.33 Å². The van der Waals surface area contributed by atoms with E-state index in [2.05, 4.69) is 29.8 Å². The predicted molar refractivity (Wildman–Crippen MR) is 81.2 cm³/mol. The number of unbranched alkanes of at least 4 members (excludes halogenated alkanes) is 1. The van der Waals surface area contributed by atoms with Crippen molar-refractivity contribution in [3.05, 3.63) is 35.4 Å². The van der Waals surface area contributed by atoms with Gasteiger partial charge < -0.3 is 0 Å². The van der Waals surface area contributed by atoms with Gasteiger partial charge in [0.25, 0.3) is 0 Å². The van der Waals surface area contributed by atoms with Crippen LogP contribution in [0.4, 0.5) is 13.2 Å². The maximum atomic E-state index is 12.8. The first-order chi connectivity index (χ1) is 9.37. The standard InChI is InChI=1S/C16H22BrF3/c1-3-5-9-15(4-2,12-17)11-13-7-6-8-14(10-13)16(18,19)20/h6-8,10H,3-5,9,11-12H2,1-2H3. The molecule has 20 heavy (non-hydrogen) atoms. The van der Waals surface area contributed by atoms with Crippen molar-refractivity contribution in [2.24, 2.45) is 5.41 Å². The molecule has 1 atom stereocenters. The summed E-state index contributed by atoms with van der Waals surface area (Å²) in [5, 5.41) is 0.826. The van der Waals surface area contributed by atoms with Crippen LogP contribution in [0.25, 0.3) is 0 Å². The number of alkyl halides is 4. The smallest absolute Gasteiger partial charge is 0.166 e. The molecule has 0 saturated carbocycles. The van der Waals surface area contributed by atoms with Crippen molar-refractivity contribution in [2.45, 2.75) is 52.1 Å². The van der Waals surface area contributed by atoms with Crippen molar-refractivity contribution in [1.29, 1.82) is 0 Å². The zero-order valence-electron chi connectivity index (χ0n) is 12.1. The lowest BCUT2D eigenvalue weighted by molar-refractivity contribution is -0.137. The number of rotatable bonds is 7. The van der Waals surface area contributed by atoms with E-state index in [1.165, 1.54) is 12.1 Å². The van der Waals surface area contributed by atoms with E-state index in [0.717, 1.165) is 42.6 Å². The SMILES string of the molecule is CCCCC(CC)(CBr)Cc1cccc(C(F)(F)F)c1. The van der Waals surface area contributed by atoms with Crippen molar-refractivity contribution in [3.63, 3.8) is 0 Å². The summed E-state index contributed by atoms with van der Waals surface area (Å²) in [7, 11) is 0. The summed E-state index contributed by atoms with van der Waals surface area (Å²) < 4.78 is 38.3. The van der Waals surface area contributed by atoms with Gasteiger partial charge in [0.15, 0.2) is 0 Å². The molecule has 1 rings (SSSR count). The van der Waals surface area contributed by atoms with Gasteiger partial charge in [-0.2, -0.15) is 13.2 Å². The fourth-order valence-electron chi connectivity index (χ4n) is 2.44. The first-order valence-electron chi connectivity index (χ1n) is 7.09. The highest BCUT2D eigenvalue weighted by atomic mass is 79.9. The molecule has 4 heteroatoms. The van der Waals surface area contributed by atoms with E-state index in [1.54, 1.807) is 6.07 Å². The Morgan fingerprint density at radius 2 is 1.85 bits per heavy atom. The fraction of sp³-hybridized carbons (Fsp3) is 0.625. The maximum Gasteiger partial charge on any atom is 0.416 e. The Hall–Kier alpha value is -0.510. The lowest BCUT2D eigenvalue weighted by Gasteiger charge is -2.31. The van der Waals surface area contributed by atoms with E-state index >= 15 is 0 Å². The zero-order valence-corrected chi connectivity index (χ0v) is 13.6. The normalized spacial score (nSPS) is 15.1. The minimum absolute atomic E-state index is 0.0558. The van der Waals surface area contributed by atoms with E-state index in [1.807, 2.05) is 0 Å². The first-order valence-corrected chi connectivity index (χ1v) is 8.21. The van der Waals surface area contributed by atoms with Crippen molar-refractivity contribution < 1.29 is 13.2 Å². The van der Waals surface area contributed by atoms with Gasteiger partial charge in [0.1, 0.15) is 0 Å². The fourth-order valence-corrected chi connectivity index (χ4v) is 3.32. The molecule has 0 N–H and O–H groups in total. The van der Waals surface area contributed by atoms with Crippen LogP contribution in [0.2, 0.25) is 0 Å². The van der Waals surface area contributed by atoms with Gasteiger partial charge >= 0.3 is 6.18 Å². The number of halogens is 4. The molecule has 1 aromatic carbocycles. The molecule has 1 aromatic rings. The molecule has 114 valence electrons. The predicted octanol–water partition coefficient (Wildman–Crippen LogP) is 6.23. The largest absolute Gasteiger partial charge is 0.416 e. The van der Waals surface area contributed by atoms with Crippen molar-refractivity contribution in [3.8, 4) is 0 Å². The van der Waals surface area contributed by atoms with Crippen LogP contribution < -0.4 is 0 Å². The minimum Gasteiger partial charge on any atom is -0.166 e. The van der Waals surface area contributed by atoms with Crippen LogP contribution in [0.5, 0.6) is 0 Å². The zero-order chi connectivity index (χ0) is 15.2. The summed E-state index contributed by atoms with van der Waals surface area (Å²) in [5.74, 6) is 0. The molecular formula is C16H22BrF3. The van der Waals surface area contributed by atoms with E-state index in [-0.39, 0.29) is 5.41 Å². The Kier molecular flexibility index (Phi) is 6.56. The van der Waals surface area contributed by atoms with Gasteiger partial charge in [-0.1, -0.05) is 60.8 Å². The van der Waals surface area contributed by atoms with Gasteiger partial charge in [0, 0.05) is 5.33 Å². The lowest BCUT2D eigenvalue weighted by Crippen LogP contribution is -2.25. The lowest BCUT2D eigenvalue weighted by atomic mass is 9.77. The molecule has 0 radical (unpaired) electrons. The average Bonchev–Trinajstić information content (AvgIpc) is 2.43. The summed E-state index contributed by atoms with van der Waals surface area (Å²) in [6, 6.07) is 5.73. The molecule has 0 heterocycles. The van der Waals surface area contributed by atoms with Gasteiger partial charge in [-0.05, 0) is 36.3 Å². The molecule has 0 fully saturated rings. The topological polar surface area (TPSA) is 0 Å². The maximum absolute atomic E-state index is 12.8. The molecule has 0 bridgehead atoms. The number of hydrogen-bond acceptors (Lipinski definition) is 0. The Balaban J connectivity index is 2.94. The summed E-state index contributed by atoms with van der Waals surface area (Å²) in [4.78, 5) is 0. The summed E-state index contributed by atoms with van der Waals surface area (Å²) in [6.07, 6.45) is 0.660. The molecule has 1 unspecified atom stereocenters. The second kappa shape index (κ2) is 7.48. The second-order valence-electron chi connectivity index (χ2n) is 5.47. The highest BCUT2D eigenvalue weighted by molar-refractivity contribution is 9.09. The van der Waals surface area contributed by atoms with Gasteiger partial charge in [-0.15, -0.1) is 0 Å². The number of benzene rings is 1. The van der Waals surface area contributed by atoms with Gasteiger partial charge in [0.2, 0.25) is 0 Å². The Labute approximate surface area is 127 Å². The Bertz CT molecular complexity index is 408. The first kappa shape index (κ1) is 17.5. The third-order valence-electron chi connectivity index (χ3n) is 3.93. The second-order valence-corrected chi connectivity index (χ2v) is 6.03. The molecule has 0 amide bonds. The van der Waals surface area contributed by atoms with Gasteiger partial charge in [-0.3, -0.25) is 0 Å². The average molecular weight is 351 g/mol. The van der Waals surface area contributed by atoms with Crippen molar-refractivity contribution in [1.82, 2.24) is 0 Å². The Morgan fingerprint density at radius 1 is 1.15 bits per heavy atom.